The summed E-state index contributed by atoms with van der Waals surface area (Å²) in [5.74, 6) is 1.20. The molecule has 0 N–H and O–H groups in total. The van der Waals surface area contributed by atoms with Crippen molar-refractivity contribution in [2.24, 2.45) is 0 Å². The Hall–Kier alpha value is 0.270. The first kappa shape index (κ1) is 13.3. The second-order valence-corrected chi connectivity index (χ2v) is 5.24. The SMILES string of the molecule is CSCCN(C)CCOC(C)(C)C. The average Bonchev–Trinajstić information content (AvgIpc) is 1.98. The molecule has 0 radical (unpaired) electrons. The fourth-order valence-corrected chi connectivity index (χ4v) is 1.36. The van der Waals surface area contributed by atoms with Crippen molar-refractivity contribution >= 4 is 11.8 Å². The summed E-state index contributed by atoms with van der Waals surface area (Å²) in [7, 11) is 2.14. The zero-order valence-electron chi connectivity index (χ0n) is 9.59. The average molecular weight is 205 g/mol. The van der Waals surface area contributed by atoms with Crippen molar-refractivity contribution < 1.29 is 4.74 Å². The summed E-state index contributed by atoms with van der Waals surface area (Å²) in [5, 5.41) is 0. The van der Waals surface area contributed by atoms with Gasteiger partial charge in [0.15, 0.2) is 0 Å². The van der Waals surface area contributed by atoms with Gasteiger partial charge >= 0.3 is 0 Å². The first-order valence-electron chi connectivity index (χ1n) is 4.77. The first-order valence-corrected chi connectivity index (χ1v) is 6.16. The van der Waals surface area contributed by atoms with Crippen LogP contribution < -0.4 is 0 Å². The van der Waals surface area contributed by atoms with Gasteiger partial charge in [-0.2, -0.15) is 11.8 Å². The monoisotopic (exact) mass is 205 g/mol. The van der Waals surface area contributed by atoms with Crippen LogP contribution in [0.15, 0.2) is 0 Å². The van der Waals surface area contributed by atoms with Crippen molar-refractivity contribution in [1.29, 1.82) is 0 Å². The van der Waals surface area contributed by atoms with Gasteiger partial charge in [-0.1, -0.05) is 0 Å². The van der Waals surface area contributed by atoms with E-state index in [0.717, 1.165) is 19.7 Å². The van der Waals surface area contributed by atoms with Crippen LogP contribution in [-0.2, 0) is 4.74 Å². The van der Waals surface area contributed by atoms with Crippen LogP contribution >= 0.6 is 11.8 Å². The van der Waals surface area contributed by atoms with Gasteiger partial charge in [-0.25, -0.2) is 0 Å². The highest BCUT2D eigenvalue weighted by Crippen LogP contribution is 2.05. The first-order chi connectivity index (χ1) is 5.95. The molecule has 0 saturated heterocycles. The molecule has 13 heavy (non-hydrogen) atoms. The molecule has 0 heterocycles. The number of thioether (sulfide) groups is 1. The van der Waals surface area contributed by atoms with Crippen LogP contribution in [-0.4, -0.2) is 49.3 Å². The standard InChI is InChI=1S/C10H23NOS/c1-10(2,3)12-8-6-11(4)7-9-13-5/h6-9H2,1-5H3. The van der Waals surface area contributed by atoms with E-state index >= 15 is 0 Å². The second kappa shape index (κ2) is 6.68. The van der Waals surface area contributed by atoms with Gasteiger partial charge < -0.3 is 9.64 Å². The summed E-state index contributed by atoms with van der Waals surface area (Å²) in [6, 6.07) is 0. The summed E-state index contributed by atoms with van der Waals surface area (Å²) in [6.07, 6.45) is 2.14. The Morgan fingerprint density at radius 2 is 1.85 bits per heavy atom. The lowest BCUT2D eigenvalue weighted by Gasteiger charge is -2.22. The Labute approximate surface area is 87.0 Å². The fraction of sp³-hybridized carbons (Fsp3) is 1.00. The fourth-order valence-electron chi connectivity index (χ4n) is 0.867. The summed E-state index contributed by atoms with van der Waals surface area (Å²) < 4.78 is 5.63. The topological polar surface area (TPSA) is 12.5 Å². The lowest BCUT2D eigenvalue weighted by molar-refractivity contribution is -0.0102. The number of hydrogen-bond donors (Lipinski definition) is 0. The molecule has 0 aliphatic carbocycles. The maximum atomic E-state index is 5.63. The predicted molar refractivity (Wildman–Crippen MR) is 61.6 cm³/mol. The predicted octanol–water partition coefficient (Wildman–Crippen LogP) is 2.10. The zero-order valence-corrected chi connectivity index (χ0v) is 10.4. The van der Waals surface area contributed by atoms with Gasteiger partial charge in [-0.05, 0) is 34.1 Å². The summed E-state index contributed by atoms with van der Waals surface area (Å²) >= 11 is 1.89. The van der Waals surface area contributed by atoms with E-state index in [0.29, 0.717) is 0 Å². The lowest BCUT2D eigenvalue weighted by atomic mass is 10.2. The molecule has 0 spiro atoms. The summed E-state index contributed by atoms with van der Waals surface area (Å²) in [6.45, 7) is 9.28. The van der Waals surface area contributed by atoms with Crippen LogP contribution in [0.5, 0.6) is 0 Å². The number of ether oxygens (including phenoxy) is 1. The van der Waals surface area contributed by atoms with E-state index in [4.69, 9.17) is 4.74 Å². The molecule has 0 aromatic carbocycles. The minimum absolute atomic E-state index is 0.000344. The van der Waals surface area contributed by atoms with E-state index in [9.17, 15) is 0 Å². The molecule has 0 rings (SSSR count). The largest absolute Gasteiger partial charge is 0.375 e. The number of hydrogen-bond acceptors (Lipinski definition) is 3. The van der Waals surface area contributed by atoms with Crippen molar-refractivity contribution in [3.05, 3.63) is 0 Å². The van der Waals surface area contributed by atoms with Crippen LogP contribution in [0.3, 0.4) is 0 Å². The van der Waals surface area contributed by atoms with Gasteiger partial charge in [-0.15, -0.1) is 0 Å². The molecule has 0 aromatic heterocycles. The Morgan fingerprint density at radius 3 is 2.31 bits per heavy atom. The number of rotatable bonds is 6. The van der Waals surface area contributed by atoms with Crippen LogP contribution in [0.4, 0.5) is 0 Å². The molecular formula is C10H23NOS. The van der Waals surface area contributed by atoms with E-state index in [2.05, 4.69) is 39.0 Å². The molecule has 0 aliphatic heterocycles. The molecular weight excluding hydrogens is 182 g/mol. The van der Waals surface area contributed by atoms with E-state index in [1.54, 1.807) is 0 Å². The quantitative estimate of drug-likeness (QED) is 0.659. The maximum absolute atomic E-state index is 5.63. The van der Waals surface area contributed by atoms with Crippen molar-refractivity contribution in [3.63, 3.8) is 0 Å². The third-order valence-electron chi connectivity index (χ3n) is 1.69. The Bertz CT molecular complexity index is 123. The van der Waals surface area contributed by atoms with E-state index in [-0.39, 0.29) is 5.60 Å². The molecule has 0 fully saturated rings. The summed E-state index contributed by atoms with van der Waals surface area (Å²) in [4.78, 5) is 2.31. The highest BCUT2D eigenvalue weighted by Gasteiger charge is 2.09. The van der Waals surface area contributed by atoms with Crippen LogP contribution in [0, 0.1) is 0 Å². The van der Waals surface area contributed by atoms with Gasteiger partial charge in [0.25, 0.3) is 0 Å². The molecule has 0 atom stereocenters. The molecule has 3 heteroatoms. The van der Waals surface area contributed by atoms with Crippen molar-refractivity contribution in [3.8, 4) is 0 Å². The van der Waals surface area contributed by atoms with Gasteiger partial charge in [0.2, 0.25) is 0 Å². The second-order valence-electron chi connectivity index (χ2n) is 4.26. The van der Waals surface area contributed by atoms with Crippen molar-refractivity contribution in [1.82, 2.24) is 4.90 Å². The van der Waals surface area contributed by atoms with Crippen LogP contribution in [0.2, 0.25) is 0 Å². The molecule has 80 valence electrons. The Morgan fingerprint density at radius 1 is 1.23 bits per heavy atom. The number of nitrogens with zero attached hydrogens (tertiary/aromatic N) is 1. The minimum Gasteiger partial charge on any atom is -0.375 e. The van der Waals surface area contributed by atoms with E-state index in [1.807, 2.05) is 11.8 Å². The molecule has 0 saturated carbocycles. The van der Waals surface area contributed by atoms with Gasteiger partial charge in [0.1, 0.15) is 0 Å². The smallest absolute Gasteiger partial charge is 0.0600 e. The van der Waals surface area contributed by atoms with Gasteiger partial charge in [-0.3, -0.25) is 0 Å². The summed E-state index contributed by atoms with van der Waals surface area (Å²) in [5.41, 5.74) is 0.000344. The Kier molecular flexibility index (Phi) is 6.82. The lowest BCUT2D eigenvalue weighted by Crippen LogP contribution is -2.29. The minimum atomic E-state index is 0.000344. The molecule has 2 nitrogen and oxygen atoms in total. The molecule has 0 amide bonds. The van der Waals surface area contributed by atoms with Crippen LogP contribution in [0.1, 0.15) is 20.8 Å². The third-order valence-corrected chi connectivity index (χ3v) is 2.28. The highest BCUT2D eigenvalue weighted by atomic mass is 32.2. The molecule has 0 aromatic rings. The number of likely N-dealkylation sites (N-methyl/N-ethyl adjacent to an activating group) is 1. The maximum Gasteiger partial charge on any atom is 0.0600 e. The Balaban J connectivity index is 3.31. The highest BCUT2D eigenvalue weighted by molar-refractivity contribution is 7.98. The van der Waals surface area contributed by atoms with Gasteiger partial charge in [0, 0.05) is 18.8 Å². The normalized spacial score (nSPS) is 12.5. The molecule has 0 unspecified atom stereocenters. The third kappa shape index (κ3) is 10.2. The van der Waals surface area contributed by atoms with Crippen LogP contribution in [0.25, 0.3) is 0 Å². The molecule has 0 bridgehead atoms. The van der Waals surface area contributed by atoms with E-state index in [1.165, 1.54) is 5.75 Å². The van der Waals surface area contributed by atoms with Gasteiger partial charge in [0.05, 0.1) is 12.2 Å². The molecule has 0 aliphatic rings. The van der Waals surface area contributed by atoms with Crippen molar-refractivity contribution in [2.75, 3.05) is 38.8 Å². The van der Waals surface area contributed by atoms with Crippen molar-refractivity contribution in [2.45, 2.75) is 26.4 Å². The zero-order chi connectivity index (χ0) is 10.3. The van der Waals surface area contributed by atoms with E-state index < -0.39 is 0 Å².